The number of benzene rings is 2. The van der Waals surface area contributed by atoms with Crippen LogP contribution in [-0.4, -0.2) is 41.9 Å². The summed E-state index contributed by atoms with van der Waals surface area (Å²) >= 11 is 0. The third-order valence-electron chi connectivity index (χ3n) is 6.47. The van der Waals surface area contributed by atoms with E-state index in [1.165, 1.54) is 23.5 Å². The number of fused-ring (bicyclic) bond motifs is 1. The number of para-hydroxylation sites is 1. The van der Waals surface area contributed by atoms with Gasteiger partial charge in [-0.3, -0.25) is 15.0 Å². The summed E-state index contributed by atoms with van der Waals surface area (Å²) in [6.45, 7) is 2.27. The zero-order valence-corrected chi connectivity index (χ0v) is 20.1. The maximum Gasteiger partial charge on any atom is 0.248 e. The Hall–Kier alpha value is -3.01. The number of pyridine rings is 1. The smallest absolute Gasteiger partial charge is 0.248 e. The second-order valence-corrected chi connectivity index (χ2v) is 10.7. The number of hydrogen-bond donors (Lipinski definition) is 2. The number of rotatable bonds is 7. The van der Waals surface area contributed by atoms with Gasteiger partial charge in [-0.15, -0.1) is 0 Å². The average Bonchev–Trinajstić information content (AvgIpc) is 2.86. The van der Waals surface area contributed by atoms with Crippen molar-refractivity contribution in [2.75, 3.05) is 7.05 Å². The van der Waals surface area contributed by atoms with Crippen molar-refractivity contribution in [3.8, 4) is 5.75 Å². The molecule has 8 nitrogen and oxygen atoms in total. The van der Waals surface area contributed by atoms with Crippen molar-refractivity contribution in [2.45, 2.75) is 50.2 Å². The Labute approximate surface area is 199 Å². The summed E-state index contributed by atoms with van der Waals surface area (Å²) < 4.78 is 33.7. The molecular weight excluding hydrogens is 454 g/mol. The minimum atomic E-state index is -3.82. The van der Waals surface area contributed by atoms with Crippen LogP contribution in [0.4, 0.5) is 0 Å². The molecule has 2 aromatic carbocycles. The summed E-state index contributed by atoms with van der Waals surface area (Å²) in [5.74, 6) is -0.579. The van der Waals surface area contributed by atoms with Crippen LogP contribution in [0, 0.1) is 12.8 Å². The first-order valence-electron chi connectivity index (χ1n) is 11.3. The Morgan fingerprint density at radius 1 is 1.15 bits per heavy atom. The summed E-state index contributed by atoms with van der Waals surface area (Å²) in [5.41, 5.74) is 4.49. The van der Waals surface area contributed by atoms with Gasteiger partial charge in [0.2, 0.25) is 15.9 Å². The van der Waals surface area contributed by atoms with Crippen molar-refractivity contribution in [1.82, 2.24) is 14.8 Å². The predicted octanol–water partition coefficient (Wildman–Crippen LogP) is 3.81. The third-order valence-corrected chi connectivity index (χ3v) is 8.37. The van der Waals surface area contributed by atoms with Crippen LogP contribution in [0.3, 0.4) is 0 Å². The number of nitrogens with zero attached hydrogens (tertiary/aromatic N) is 2. The Morgan fingerprint density at radius 3 is 2.59 bits per heavy atom. The molecule has 4 rings (SSSR count). The van der Waals surface area contributed by atoms with Gasteiger partial charge in [-0.25, -0.2) is 13.9 Å². The second-order valence-electron chi connectivity index (χ2n) is 8.66. The van der Waals surface area contributed by atoms with Crippen LogP contribution in [0.25, 0.3) is 10.9 Å². The highest BCUT2D eigenvalue weighted by molar-refractivity contribution is 7.89. The number of carbonyl (C=O) groups is 1. The first-order valence-corrected chi connectivity index (χ1v) is 12.8. The van der Waals surface area contributed by atoms with E-state index in [0.717, 1.165) is 35.0 Å². The number of carbonyl (C=O) groups excluding carboxylic acids is 1. The quantitative estimate of drug-likeness (QED) is 0.391. The zero-order valence-electron chi connectivity index (χ0n) is 19.3. The Balaban J connectivity index is 1.49. The number of ether oxygens (including phenoxy) is 1. The lowest BCUT2D eigenvalue weighted by atomic mass is 9.84. The van der Waals surface area contributed by atoms with E-state index in [1.54, 1.807) is 17.6 Å². The first kappa shape index (κ1) is 24.1. The fourth-order valence-corrected chi connectivity index (χ4v) is 6.08. The molecule has 0 spiro atoms. The second kappa shape index (κ2) is 10.1. The Bertz CT molecular complexity index is 1280. The van der Waals surface area contributed by atoms with Crippen molar-refractivity contribution in [3.05, 3.63) is 65.9 Å². The minimum Gasteiger partial charge on any atom is -0.489 e. The van der Waals surface area contributed by atoms with E-state index in [0.29, 0.717) is 25.2 Å². The molecular formula is C25H29N3O5S. The number of hydrogen-bond acceptors (Lipinski definition) is 6. The third kappa shape index (κ3) is 4.91. The van der Waals surface area contributed by atoms with E-state index in [4.69, 9.17) is 9.94 Å². The lowest BCUT2D eigenvalue weighted by Gasteiger charge is -2.35. The number of hydroxylamine groups is 1. The number of sulfonamides is 1. The highest BCUT2D eigenvalue weighted by Crippen LogP contribution is 2.32. The summed E-state index contributed by atoms with van der Waals surface area (Å²) in [6, 6.07) is 15.6. The van der Waals surface area contributed by atoms with Crippen LogP contribution >= 0.6 is 0 Å². The lowest BCUT2D eigenvalue weighted by molar-refractivity contribution is -0.136. The maximum absolute atomic E-state index is 13.2. The summed E-state index contributed by atoms with van der Waals surface area (Å²) in [7, 11) is -2.33. The molecule has 0 bridgehead atoms. The van der Waals surface area contributed by atoms with Gasteiger partial charge in [-0.1, -0.05) is 31.0 Å². The molecule has 2 atom stereocenters. The van der Waals surface area contributed by atoms with Gasteiger partial charge in [-0.05, 0) is 56.2 Å². The maximum atomic E-state index is 13.2. The van der Waals surface area contributed by atoms with E-state index in [2.05, 4.69) is 4.98 Å². The van der Waals surface area contributed by atoms with Gasteiger partial charge in [0.25, 0.3) is 0 Å². The van der Waals surface area contributed by atoms with E-state index in [-0.39, 0.29) is 4.90 Å². The van der Waals surface area contributed by atoms with Crippen LogP contribution < -0.4 is 10.2 Å². The molecule has 0 radical (unpaired) electrons. The molecule has 0 aliphatic heterocycles. The normalized spacial score (nSPS) is 18.7. The molecule has 1 aromatic heterocycles. The average molecular weight is 484 g/mol. The number of amides is 1. The molecule has 1 fully saturated rings. The van der Waals surface area contributed by atoms with Gasteiger partial charge in [0.05, 0.1) is 16.3 Å². The molecule has 1 saturated carbocycles. The molecule has 9 heteroatoms. The van der Waals surface area contributed by atoms with Crippen molar-refractivity contribution in [1.29, 1.82) is 0 Å². The topological polar surface area (TPSA) is 109 Å². The number of aromatic nitrogens is 1. The highest BCUT2D eigenvalue weighted by Gasteiger charge is 2.38. The van der Waals surface area contributed by atoms with Crippen LogP contribution in [0.5, 0.6) is 5.75 Å². The Morgan fingerprint density at radius 2 is 1.85 bits per heavy atom. The van der Waals surface area contributed by atoms with Crippen molar-refractivity contribution < 1.29 is 23.2 Å². The molecule has 1 amide bonds. The lowest BCUT2D eigenvalue weighted by Crippen LogP contribution is -2.48. The van der Waals surface area contributed by atoms with E-state index >= 15 is 0 Å². The van der Waals surface area contributed by atoms with E-state index in [9.17, 15) is 13.2 Å². The molecule has 1 heterocycles. The van der Waals surface area contributed by atoms with Crippen LogP contribution in [0.1, 0.15) is 36.9 Å². The monoisotopic (exact) mass is 483 g/mol. The number of nitrogens with one attached hydrogen (secondary N) is 1. The molecule has 0 saturated heterocycles. The van der Waals surface area contributed by atoms with Crippen LogP contribution in [-0.2, 0) is 21.4 Å². The summed E-state index contributed by atoms with van der Waals surface area (Å²) in [6.07, 6.45) is 2.75. The molecule has 2 unspecified atom stereocenters. The highest BCUT2D eigenvalue weighted by atomic mass is 32.2. The fourth-order valence-electron chi connectivity index (χ4n) is 4.66. The Kier molecular flexibility index (Phi) is 7.16. The van der Waals surface area contributed by atoms with Gasteiger partial charge < -0.3 is 4.74 Å². The fraction of sp³-hybridized carbons (Fsp3) is 0.360. The van der Waals surface area contributed by atoms with Crippen molar-refractivity contribution in [2.24, 2.45) is 5.92 Å². The van der Waals surface area contributed by atoms with Crippen molar-refractivity contribution >= 4 is 26.8 Å². The standard InChI is InChI=1S/C25H29N3O5S/c1-17-15-18(21-7-3-5-9-23(21)26-17)16-33-19-11-13-20(14-12-19)34(31,32)28(2)24-10-6-4-8-22(24)25(29)27-30/h3,5,7,9,11-15,22,24,30H,4,6,8,10,16H2,1-2H3,(H,27,29). The first-order chi connectivity index (χ1) is 16.3. The van der Waals surface area contributed by atoms with Gasteiger partial charge >= 0.3 is 0 Å². The molecule has 34 heavy (non-hydrogen) atoms. The van der Waals surface area contributed by atoms with Gasteiger partial charge in [0.15, 0.2) is 0 Å². The molecule has 180 valence electrons. The molecule has 1 aliphatic rings. The van der Waals surface area contributed by atoms with E-state index in [1.807, 2.05) is 37.3 Å². The minimum absolute atomic E-state index is 0.126. The SMILES string of the molecule is Cc1cc(COc2ccc(S(=O)(=O)N(C)C3CCCCC3C(=O)NO)cc2)c2ccccc2n1. The van der Waals surface area contributed by atoms with Crippen LogP contribution in [0.15, 0.2) is 59.5 Å². The summed E-state index contributed by atoms with van der Waals surface area (Å²) in [5, 5.41) is 10.1. The van der Waals surface area contributed by atoms with E-state index < -0.39 is 27.9 Å². The zero-order chi connectivity index (χ0) is 24.3. The molecule has 2 N–H and O–H groups in total. The molecule has 1 aliphatic carbocycles. The van der Waals surface area contributed by atoms with Gasteiger partial charge in [0, 0.05) is 29.7 Å². The van der Waals surface area contributed by atoms with Crippen molar-refractivity contribution in [3.63, 3.8) is 0 Å². The predicted molar refractivity (Wildman–Crippen MR) is 128 cm³/mol. The van der Waals surface area contributed by atoms with Gasteiger partial charge in [-0.2, -0.15) is 4.31 Å². The largest absolute Gasteiger partial charge is 0.489 e. The molecule has 3 aromatic rings. The van der Waals surface area contributed by atoms with Gasteiger partial charge in [0.1, 0.15) is 12.4 Å². The number of aryl methyl sites for hydroxylation is 1. The van der Waals surface area contributed by atoms with Crippen LogP contribution in [0.2, 0.25) is 0 Å². The summed E-state index contributed by atoms with van der Waals surface area (Å²) in [4.78, 5) is 16.7.